The van der Waals surface area contributed by atoms with Gasteiger partial charge in [-0.2, -0.15) is 0 Å². The molecule has 0 saturated carbocycles. The highest BCUT2D eigenvalue weighted by molar-refractivity contribution is 5.75. The number of carbonyl (C=O) groups is 4. The van der Waals surface area contributed by atoms with Crippen LogP contribution in [0.5, 0.6) is 0 Å². The van der Waals surface area contributed by atoms with Gasteiger partial charge in [0.1, 0.15) is 0 Å². The second kappa shape index (κ2) is 14.8. The summed E-state index contributed by atoms with van der Waals surface area (Å²) in [5.41, 5.74) is 0. The zero-order valence-electron chi connectivity index (χ0n) is 9.14. The van der Waals surface area contributed by atoms with Gasteiger partial charge in [0, 0.05) is 0 Å². The van der Waals surface area contributed by atoms with Crippen molar-refractivity contribution in [2.75, 3.05) is 0 Å². The number of carboxylic acids is 4. The third-order valence-electron chi connectivity index (χ3n) is 1.11. The Morgan fingerprint density at radius 3 is 0.667 bits per heavy atom. The molecule has 0 radical (unpaired) electrons. The van der Waals surface area contributed by atoms with E-state index in [-0.39, 0.29) is 25.7 Å². The molecule has 0 unspecified atom stereocenters. The van der Waals surface area contributed by atoms with Crippen molar-refractivity contribution in [1.82, 2.24) is 0 Å². The lowest BCUT2D eigenvalue weighted by atomic mass is 10.3. The van der Waals surface area contributed by atoms with Gasteiger partial charge in [0.25, 0.3) is 0 Å². The maximum atomic E-state index is 9.64. The Morgan fingerprint density at radius 1 is 0.500 bits per heavy atom. The lowest BCUT2D eigenvalue weighted by molar-refractivity contribution is -0.176. The highest BCUT2D eigenvalue weighted by Gasteiger charge is 2.00. The van der Waals surface area contributed by atoms with Gasteiger partial charge in [-0.15, -0.1) is 0 Å². The fraction of sp³-hybridized carbons (Fsp3) is 0.500. The first kappa shape index (κ1) is 21.1. The molecule has 0 fully saturated rings. The van der Waals surface area contributed by atoms with Crippen LogP contribution in [-0.2, 0) is 19.2 Å². The van der Waals surface area contributed by atoms with E-state index in [0.717, 1.165) is 0 Å². The summed E-state index contributed by atoms with van der Waals surface area (Å²) in [6.45, 7) is 0. The van der Waals surface area contributed by atoms with E-state index in [1.165, 1.54) is 0 Å². The predicted molar refractivity (Wildman–Crippen MR) is 54.3 cm³/mol. The van der Waals surface area contributed by atoms with Crippen LogP contribution in [0.3, 0.4) is 0 Å². The molecule has 0 saturated heterocycles. The molecule has 0 aliphatic carbocycles. The summed E-state index contributed by atoms with van der Waals surface area (Å²) in [5, 5.41) is 43.6. The van der Waals surface area contributed by atoms with Crippen molar-refractivity contribution in [3.05, 3.63) is 0 Å². The second-order valence-electron chi connectivity index (χ2n) is 2.57. The Morgan fingerprint density at radius 2 is 0.611 bits per heavy atom. The van der Waals surface area contributed by atoms with E-state index >= 15 is 0 Å². The van der Waals surface area contributed by atoms with Gasteiger partial charge in [0.2, 0.25) is 0 Å². The Balaban J connectivity index is -0.000000219. The second-order valence-corrected chi connectivity index (χ2v) is 2.57. The van der Waals surface area contributed by atoms with Crippen molar-refractivity contribution >= 4 is 23.9 Å². The monoisotopic (exact) mass is 270 g/mol. The van der Waals surface area contributed by atoms with Gasteiger partial charge in [0.15, 0.2) is 0 Å². The van der Waals surface area contributed by atoms with E-state index < -0.39 is 23.9 Å². The molecule has 0 aliphatic rings. The third kappa shape index (κ3) is 37.2. The molecule has 10 nitrogen and oxygen atoms in total. The summed E-state index contributed by atoms with van der Waals surface area (Å²) >= 11 is 0. The van der Waals surface area contributed by atoms with Crippen molar-refractivity contribution < 1.29 is 50.1 Å². The molecule has 0 atom stereocenters. The maximum absolute atomic E-state index is 9.64. The van der Waals surface area contributed by atoms with Crippen LogP contribution in [-0.4, -0.2) is 54.8 Å². The standard InChI is InChI=1S/2C4H6O4.H2O2/c2*5-3(6)1-2-4(7)8;1-2/h2*1-2H2,(H,5,6)(H,7,8);1-2H. The Hall–Kier alpha value is -2.20. The first-order chi connectivity index (χ1) is 8.25. The van der Waals surface area contributed by atoms with Crippen molar-refractivity contribution in [3.63, 3.8) is 0 Å². The molecule has 6 N–H and O–H groups in total. The zero-order valence-corrected chi connectivity index (χ0v) is 9.14. The molecular weight excluding hydrogens is 256 g/mol. The van der Waals surface area contributed by atoms with Crippen LogP contribution in [0.4, 0.5) is 0 Å². The molecule has 18 heavy (non-hydrogen) atoms. The quantitative estimate of drug-likeness (QED) is 0.280. The average Bonchev–Trinajstić information content (AvgIpc) is 2.27. The van der Waals surface area contributed by atoms with Crippen LogP contribution in [0.15, 0.2) is 0 Å². The van der Waals surface area contributed by atoms with E-state index in [1.54, 1.807) is 0 Å². The molecule has 0 rings (SSSR count). The van der Waals surface area contributed by atoms with E-state index in [1.807, 2.05) is 0 Å². The SMILES string of the molecule is O=C(O)CCC(=O)O.O=C(O)CCC(=O)O.OO. The fourth-order valence-electron chi connectivity index (χ4n) is 0.428. The van der Waals surface area contributed by atoms with Crippen molar-refractivity contribution in [2.45, 2.75) is 25.7 Å². The summed E-state index contributed by atoms with van der Waals surface area (Å²) in [4.78, 5) is 38.6. The number of rotatable bonds is 6. The summed E-state index contributed by atoms with van der Waals surface area (Å²) < 4.78 is 0. The Labute approximate surface area is 101 Å². The van der Waals surface area contributed by atoms with Crippen LogP contribution < -0.4 is 0 Å². The summed E-state index contributed by atoms with van der Waals surface area (Å²) in [7, 11) is 0. The molecular formula is C8H14O10. The third-order valence-corrected chi connectivity index (χ3v) is 1.11. The molecule has 0 aliphatic heterocycles. The fourth-order valence-corrected chi connectivity index (χ4v) is 0.428. The summed E-state index contributed by atoms with van der Waals surface area (Å²) in [6, 6.07) is 0. The Kier molecular flexibility index (Phi) is 17.4. The van der Waals surface area contributed by atoms with E-state index in [2.05, 4.69) is 0 Å². The van der Waals surface area contributed by atoms with Gasteiger partial charge in [-0.1, -0.05) is 0 Å². The van der Waals surface area contributed by atoms with E-state index in [9.17, 15) is 19.2 Å². The summed E-state index contributed by atoms with van der Waals surface area (Å²) in [6.07, 6.45) is -1.19. The first-order valence-electron chi connectivity index (χ1n) is 4.33. The highest BCUT2D eigenvalue weighted by atomic mass is 17.0. The van der Waals surface area contributed by atoms with Gasteiger partial charge in [-0.25, -0.2) is 0 Å². The molecule has 0 heterocycles. The Bertz CT molecular complexity index is 215. The zero-order chi connectivity index (χ0) is 15.1. The maximum Gasteiger partial charge on any atom is 0.303 e. The minimum atomic E-state index is -1.08. The number of hydrogen-bond donors (Lipinski definition) is 6. The van der Waals surface area contributed by atoms with Crippen LogP contribution >= 0.6 is 0 Å². The minimum Gasteiger partial charge on any atom is -0.481 e. The molecule has 10 heteroatoms. The molecule has 0 aromatic heterocycles. The van der Waals surface area contributed by atoms with Crippen LogP contribution in [0.1, 0.15) is 25.7 Å². The van der Waals surface area contributed by atoms with Crippen LogP contribution in [0.2, 0.25) is 0 Å². The number of carboxylic acid groups (broad SMARTS) is 4. The van der Waals surface area contributed by atoms with E-state index in [4.69, 9.17) is 30.9 Å². The molecule has 0 spiro atoms. The molecule has 0 aromatic rings. The van der Waals surface area contributed by atoms with Gasteiger partial charge in [-0.05, 0) is 0 Å². The normalized spacial score (nSPS) is 7.89. The largest absolute Gasteiger partial charge is 0.481 e. The van der Waals surface area contributed by atoms with E-state index in [0.29, 0.717) is 0 Å². The molecule has 0 amide bonds. The lowest BCUT2D eigenvalue weighted by Crippen LogP contribution is -2.00. The van der Waals surface area contributed by atoms with Crippen molar-refractivity contribution in [3.8, 4) is 0 Å². The van der Waals surface area contributed by atoms with Crippen molar-refractivity contribution in [2.24, 2.45) is 0 Å². The van der Waals surface area contributed by atoms with Crippen molar-refractivity contribution in [1.29, 1.82) is 0 Å². The van der Waals surface area contributed by atoms with Crippen LogP contribution in [0.25, 0.3) is 0 Å². The lowest BCUT2D eigenvalue weighted by Gasteiger charge is -1.85. The summed E-state index contributed by atoms with van der Waals surface area (Å²) in [5.74, 6) is -4.31. The van der Waals surface area contributed by atoms with Gasteiger partial charge >= 0.3 is 23.9 Å². The topological polar surface area (TPSA) is 190 Å². The van der Waals surface area contributed by atoms with Gasteiger partial charge in [0.05, 0.1) is 25.7 Å². The van der Waals surface area contributed by atoms with Crippen LogP contribution in [0, 0.1) is 0 Å². The minimum absolute atomic E-state index is 0.296. The predicted octanol–water partition coefficient (Wildman–Crippen LogP) is -0.111. The smallest absolute Gasteiger partial charge is 0.303 e. The number of aliphatic carboxylic acids is 4. The molecule has 0 aromatic carbocycles. The first-order valence-corrected chi connectivity index (χ1v) is 4.33. The van der Waals surface area contributed by atoms with Gasteiger partial charge in [-0.3, -0.25) is 29.7 Å². The highest BCUT2D eigenvalue weighted by Crippen LogP contribution is 1.86. The molecule has 106 valence electrons. The molecule has 0 bridgehead atoms. The average molecular weight is 270 g/mol. The number of hydrogen-bond acceptors (Lipinski definition) is 6. The van der Waals surface area contributed by atoms with Gasteiger partial charge < -0.3 is 20.4 Å².